The maximum absolute atomic E-state index is 5.86. The van der Waals surface area contributed by atoms with Crippen LogP contribution in [0.3, 0.4) is 0 Å². The minimum Gasteiger partial charge on any atom is -0.492 e. The van der Waals surface area contributed by atoms with Crippen LogP contribution in [-0.4, -0.2) is 37.2 Å². The van der Waals surface area contributed by atoms with Gasteiger partial charge in [-0.25, -0.2) is 0 Å². The summed E-state index contributed by atoms with van der Waals surface area (Å²) in [6, 6.07) is 9.27. The molecule has 0 aromatic heterocycles. The van der Waals surface area contributed by atoms with Crippen LogP contribution >= 0.6 is 0 Å². The molecular weight excluding hydrogens is 248 g/mol. The number of nitrogens with zero attached hydrogens (tertiary/aromatic N) is 1. The first-order valence-corrected chi connectivity index (χ1v) is 8.00. The lowest BCUT2D eigenvalue weighted by Gasteiger charge is -2.21. The average Bonchev–Trinajstić information content (AvgIpc) is 3.30. The molecule has 1 N–H and O–H groups in total. The summed E-state index contributed by atoms with van der Waals surface area (Å²) in [5.74, 6) is 0.984. The molecule has 0 amide bonds. The van der Waals surface area contributed by atoms with E-state index in [1.54, 1.807) is 0 Å². The molecule has 3 nitrogen and oxygen atoms in total. The van der Waals surface area contributed by atoms with Crippen molar-refractivity contribution >= 4 is 0 Å². The maximum atomic E-state index is 5.86. The summed E-state index contributed by atoms with van der Waals surface area (Å²) in [4.78, 5) is 2.57. The molecule has 0 spiro atoms. The predicted octanol–water partition coefficient (Wildman–Crippen LogP) is 3.05. The first-order valence-electron chi connectivity index (χ1n) is 8.00. The molecule has 20 heavy (non-hydrogen) atoms. The smallest absolute Gasteiger partial charge is 0.119 e. The molecule has 1 saturated carbocycles. The lowest BCUT2D eigenvalue weighted by molar-refractivity contribution is 0.202. The van der Waals surface area contributed by atoms with Crippen molar-refractivity contribution in [3.05, 3.63) is 29.8 Å². The third-order valence-electron chi connectivity index (χ3n) is 3.72. The molecule has 1 aromatic carbocycles. The third kappa shape index (κ3) is 5.14. The normalized spacial score (nSPS) is 14.8. The lowest BCUT2D eigenvalue weighted by atomic mass is 10.2. The van der Waals surface area contributed by atoms with Crippen LogP contribution in [0.4, 0.5) is 0 Å². The summed E-state index contributed by atoms with van der Waals surface area (Å²) < 4.78 is 5.86. The zero-order valence-electron chi connectivity index (χ0n) is 12.9. The van der Waals surface area contributed by atoms with Gasteiger partial charge in [0.15, 0.2) is 0 Å². The minimum atomic E-state index is 0.795. The molecule has 2 rings (SSSR count). The Kier molecular flexibility index (Phi) is 6.34. The van der Waals surface area contributed by atoms with E-state index in [1.807, 2.05) is 0 Å². The van der Waals surface area contributed by atoms with Gasteiger partial charge in [0.2, 0.25) is 0 Å². The van der Waals surface area contributed by atoms with E-state index < -0.39 is 0 Å². The Balaban J connectivity index is 1.70. The lowest BCUT2D eigenvalue weighted by Crippen LogP contribution is -2.31. The molecule has 0 aliphatic heterocycles. The summed E-state index contributed by atoms with van der Waals surface area (Å²) >= 11 is 0. The van der Waals surface area contributed by atoms with Crippen LogP contribution in [0, 0.1) is 0 Å². The Bertz CT molecular complexity index is 373. The molecular formula is C17H28N2O. The third-order valence-corrected chi connectivity index (χ3v) is 3.72. The highest BCUT2D eigenvalue weighted by Gasteiger charge is 2.27. The highest BCUT2D eigenvalue weighted by atomic mass is 16.5. The summed E-state index contributed by atoms with van der Waals surface area (Å²) in [7, 11) is 0. The van der Waals surface area contributed by atoms with Crippen LogP contribution in [0.5, 0.6) is 5.75 Å². The van der Waals surface area contributed by atoms with E-state index in [4.69, 9.17) is 4.74 Å². The van der Waals surface area contributed by atoms with Crippen molar-refractivity contribution in [2.24, 2.45) is 0 Å². The second kappa shape index (κ2) is 8.28. The van der Waals surface area contributed by atoms with Gasteiger partial charge in [0.1, 0.15) is 12.4 Å². The van der Waals surface area contributed by atoms with Crippen molar-refractivity contribution in [1.29, 1.82) is 0 Å². The van der Waals surface area contributed by atoms with Gasteiger partial charge in [-0.1, -0.05) is 26.0 Å². The van der Waals surface area contributed by atoms with Gasteiger partial charge < -0.3 is 10.1 Å². The van der Waals surface area contributed by atoms with Crippen molar-refractivity contribution < 1.29 is 4.74 Å². The van der Waals surface area contributed by atoms with Gasteiger partial charge >= 0.3 is 0 Å². The van der Waals surface area contributed by atoms with Gasteiger partial charge in [-0.2, -0.15) is 0 Å². The monoisotopic (exact) mass is 276 g/mol. The first kappa shape index (κ1) is 15.3. The summed E-state index contributed by atoms with van der Waals surface area (Å²) in [5, 5.41) is 3.33. The van der Waals surface area contributed by atoms with Gasteiger partial charge in [-0.05, 0) is 50.0 Å². The summed E-state index contributed by atoms with van der Waals surface area (Å²) in [5.41, 5.74) is 1.31. The second-order valence-electron chi connectivity index (χ2n) is 5.54. The fourth-order valence-corrected chi connectivity index (χ4v) is 2.46. The van der Waals surface area contributed by atoms with Gasteiger partial charge in [0, 0.05) is 19.1 Å². The molecule has 1 fully saturated rings. The van der Waals surface area contributed by atoms with E-state index in [-0.39, 0.29) is 0 Å². The van der Waals surface area contributed by atoms with E-state index in [0.29, 0.717) is 0 Å². The zero-order valence-corrected chi connectivity index (χ0v) is 12.9. The number of ether oxygens (including phenoxy) is 1. The molecule has 1 aliphatic rings. The van der Waals surface area contributed by atoms with Gasteiger partial charge in [0.05, 0.1) is 0 Å². The molecule has 0 saturated heterocycles. The fraction of sp³-hybridized carbons (Fsp3) is 0.647. The van der Waals surface area contributed by atoms with Crippen LogP contribution in [0.2, 0.25) is 0 Å². The Labute approximate surface area is 123 Å². The first-order chi connectivity index (χ1) is 9.83. The average molecular weight is 276 g/mol. The molecule has 1 aromatic rings. The Morgan fingerprint density at radius 2 is 1.90 bits per heavy atom. The van der Waals surface area contributed by atoms with Crippen molar-refractivity contribution in [2.45, 2.75) is 45.7 Å². The van der Waals surface area contributed by atoms with Crippen LogP contribution in [-0.2, 0) is 6.54 Å². The maximum Gasteiger partial charge on any atom is 0.119 e. The van der Waals surface area contributed by atoms with Crippen molar-refractivity contribution in [1.82, 2.24) is 10.2 Å². The molecule has 3 heteroatoms. The Morgan fingerprint density at radius 3 is 2.50 bits per heavy atom. The van der Waals surface area contributed by atoms with E-state index in [2.05, 4.69) is 48.3 Å². The highest BCUT2D eigenvalue weighted by Crippen LogP contribution is 2.26. The van der Waals surface area contributed by atoms with Crippen molar-refractivity contribution in [3.8, 4) is 5.75 Å². The molecule has 0 bridgehead atoms. The fourth-order valence-electron chi connectivity index (χ4n) is 2.46. The molecule has 0 atom stereocenters. The molecule has 112 valence electrons. The zero-order chi connectivity index (χ0) is 14.2. The number of nitrogens with one attached hydrogen (secondary N) is 1. The van der Waals surface area contributed by atoms with Crippen LogP contribution in [0.25, 0.3) is 0 Å². The Hall–Kier alpha value is -1.06. The predicted molar refractivity (Wildman–Crippen MR) is 84.2 cm³/mol. The summed E-state index contributed by atoms with van der Waals surface area (Å²) in [6.07, 6.45) is 3.98. The number of rotatable bonds is 10. The molecule has 1 aliphatic carbocycles. The molecule has 0 heterocycles. The largest absolute Gasteiger partial charge is 0.492 e. The minimum absolute atomic E-state index is 0.795. The van der Waals surface area contributed by atoms with Crippen LogP contribution in [0.1, 0.15) is 38.7 Å². The van der Waals surface area contributed by atoms with E-state index in [1.165, 1.54) is 31.4 Å². The number of benzene rings is 1. The van der Waals surface area contributed by atoms with Gasteiger partial charge in [-0.15, -0.1) is 0 Å². The standard InChI is InChI=1S/C17H28N2O/c1-3-11-19(16-7-8-16)12-13-20-17-9-5-15(6-10-17)14-18-4-2/h5-6,9-10,16,18H,3-4,7-8,11-14H2,1-2H3. The summed E-state index contributed by atoms with van der Waals surface area (Å²) in [6.45, 7) is 9.37. The van der Waals surface area contributed by atoms with Gasteiger partial charge in [-0.3, -0.25) is 4.90 Å². The molecule has 0 unspecified atom stereocenters. The second-order valence-corrected chi connectivity index (χ2v) is 5.54. The SMILES string of the molecule is CCCN(CCOc1ccc(CNCC)cc1)C1CC1. The topological polar surface area (TPSA) is 24.5 Å². The van der Waals surface area contributed by atoms with Crippen LogP contribution in [0.15, 0.2) is 24.3 Å². The van der Waals surface area contributed by atoms with E-state index in [9.17, 15) is 0 Å². The number of hydrogen-bond acceptors (Lipinski definition) is 3. The van der Waals surface area contributed by atoms with E-state index >= 15 is 0 Å². The highest BCUT2D eigenvalue weighted by molar-refractivity contribution is 5.27. The number of hydrogen-bond donors (Lipinski definition) is 1. The van der Waals surface area contributed by atoms with Gasteiger partial charge in [0.25, 0.3) is 0 Å². The van der Waals surface area contributed by atoms with Crippen molar-refractivity contribution in [3.63, 3.8) is 0 Å². The van der Waals surface area contributed by atoms with Crippen LogP contribution < -0.4 is 10.1 Å². The Morgan fingerprint density at radius 1 is 1.15 bits per heavy atom. The van der Waals surface area contributed by atoms with E-state index in [0.717, 1.165) is 38.0 Å². The molecule has 0 radical (unpaired) electrons. The quantitative estimate of drug-likeness (QED) is 0.711. The van der Waals surface area contributed by atoms with Crippen molar-refractivity contribution in [2.75, 3.05) is 26.2 Å².